The highest BCUT2D eigenvalue weighted by Gasteiger charge is 2.24. The van der Waals surface area contributed by atoms with Crippen LogP contribution in [0.2, 0.25) is 0 Å². The van der Waals surface area contributed by atoms with E-state index in [0.29, 0.717) is 6.04 Å². The normalized spacial score (nSPS) is 19.1. The number of likely N-dealkylation sites (tertiary alicyclic amines) is 1. The lowest BCUT2D eigenvalue weighted by Gasteiger charge is -2.36. The van der Waals surface area contributed by atoms with Crippen LogP contribution in [0, 0.1) is 6.92 Å². The minimum Gasteiger partial charge on any atom is -0.497 e. The fourth-order valence-corrected chi connectivity index (χ4v) is 3.30. The van der Waals surface area contributed by atoms with E-state index in [1.165, 1.54) is 36.0 Å². The van der Waals surface area contributed by atoms with Crippen molar-refractivity contribution >= 4 is 0 Å². The molecule has 1 saturated heterocycles. The summed E-state index contributed by atoms with van der Waals surface area (Å²) in [6, 6.07) is 11.2. The predicted octanol–water partition coefficient (Wildman–Crippen LogP) is 4.13. The Kier molecular flexibility index (Phi) is 4.74. The third kappa shape index (κ3) is 3.30. The lowest BCUT2D eigenvalue weighted by molar-refractivity contribution is 0.140. The predicted molar refractivity (Wildman–Crippen MR) is 89.0 cm³/mol. The zero-order chi connectivity index (χ0) is 15.4. The smallest absolute Gasteiger partial charge is 0.119 e. The number of ether oxygens (including phenoxy) is 1. The molecule has 0 bridgehead atoms. The second-order valence-corrected chi connectivity index (χ2v) is 6.06. The van der Waals surface area contributed by atoms with Crippen molar-refractivity contribution in [3.63, 3.8) is 0 Å². The van der Waals surface area contributed by atoms with E-state index in [2.05, 4.69) is 41.1 Å². The van der Waals surface area contributed by atoms with Gasteiger partial charge >= 0.3 is 0 Å². The minimum absolute atomic E-state index is 0.483. The van der Waals surface area contributed by atoms with Crippen LogP contribution in [-0.4, -0.2) is 23.5 Å². The van der Waals surface area contributed by atoms with Gasteiger partial charge in [-0.05, 0) is 61.2 Å². The van der Waals surface area contributed by atoms with E-state index in [1.807, 2.05) is 18.5 Å². The SMILES string of the molecule is COc1cccc(C2CCCCN2Cc2ccncc2C)c1. The summed E-state index contributed by atoms with van der Waals surface area (Å²) in [4.78, 5) is 6.80. The number of hydrogen-bond acceptors (Lipinski definition) is 3. The Morgan fingerprint density at radius 2 is 2.18 bits per heavy atom. The van der Waals surface area contributed by atoms with E-state index in [9.17, 15) is 0 Å². The van der Waals surface area contributed by atoms with Gasteiger partial charge in [0.2, 0.25) is 0 Å². The molecule has 3 rings (SSSR count). The van der Waals surface area contributed by atoms with E-state index >= 15 is 0 Å². The molecule has 3 nitrogen and oxygen atoms in total. The Labute approximate surface area is 132 Å². The molecule has 0 spiro atoms. The van der Waals surface area contributed by atoms with E-state index in [0.717, 1.165) is 18.8 Å². The standard InChI is InChI=1S/C19H24N2O/c1-15-13-20-10-9-17(15)14-21-11-4-3-8-19(21)16-6-5-7-18(12-16)22-2/h5-7,9-10,12-13,19H,3-4,8,11,14H2,1-2H3. The lowest BCUT2D eigenvalue weighted by Crippen LogP contribution is -2.33. The van der Waals surface area contributed by atoms with Crippen molar-refractivity contribution < 1.29 is 4.74 Å². The van der Waals surface area contributed by atoms with Gasteiger partial charge in [0.05, 0.1) is 7.11 Å². The van der Waals surface area contributed by atoms with Crippen molar-refractivity contribution in [2.75, 3.05) is 13.7 Å². The van der Waals surface area contributed by atoms with Gasteiger partial charge in [-0.25, -0.2) is 0 Å². The van der Waals surface area contributed by atoms with Crippen LogP contribution in [0.5, 0.6) is 5.75 Å². The van der Waals surface area contributed by atoms with Crippen molar-refractivity contribution in [1.29, 1.82) is 0 Å². The van der Waals surface area contributed by atoms with Gasteiger partial charge in [0.25, 0.3) is 0 Å². The second kappa shape index (κ2) is 6.93. The van der Waals surface area contributed by atoms with Gasteiger partial charge in [-0.3, -0.25) is 9.88 Å². The Balaban J connectivity index is 1.83. The summed E-state index contributed by atoms with van der Waals surface area (Å²) in [5.41, 5.74) is 4.02. The first-order valence-corrected chi connectivity index (χ1v) is 8.05. The van der Waals surface area contributed by atoms with Gasteiger partial charge in [-0.2, -0.15) is 0 Å². The summed E-state index contributed by atoms with van der Waals surface area (Å²) in [6.45, 7) is 4.30. The Morgan fingerprint density at radius 1 is 1.27 bits per heavy atom. The zero-order valence-corrected chi connectivity index (χ0v) is 13.5. The number of piperidine rings is 1. The largest absolute Gasteiger partial charge is 0.497 e. The number of pyridine rings is 1. The number of aromatic nitrogens is 1. The summed E-state index contributed by atoms with van der Waals surface area (Å²) in [7, 11) is 1.73. The Bertz CT molecular complexity index is 626. The van der Waals surface area contributed by atoms with Crippen LogP contribution < -0.4 is 4.74 Å². The van der Waals surface area contributed by atoms with Crippen molar-refractivity contribution in [2.24, 2.45) is 0 Å². The molecular weight excluding hydrogens is 272 g/mol. The molecule has 2 aromatic rings. The molecule has 1 aromatic heterocycles. The lowest BCUT2D eigenvalue weighted by atomic mass is 9.94. The van der Waals surface area contributed by atoms with Crippen LogP contribution in [-0.2, 0) is 6.54 Å². The molecular formula is C19H24N2O. The third-order valence-electron chi connectivity index (χ3n) is 4.60. The monoisotopic (exact) mass is 296 g/mol. The molecule has 2 heterocycles. The number of hydrogen-bond donors (Lipinski definition) is 0. The molecule has 0 saturated carbocycles. The molecule has 22 heavy (non-hydrogen) atoms. The molecule has 1 aromatic carbocycles. The highest BCUT2D eigenvalue weighted by atomic mass is 16.5. The fourth-order valence-electron chi connectivity index (χ4n) is 3.30. The topological polar surface area (TPSA) is 25.4 Å². The van der Waals surface area contributed by atoms with Gasteiger partial charge in [0.1, 0.15) is 5.75 Å². The van der Waals surface area contributed by atoms with Crippen molar-refractivity contribution in [3.8, 4) is 5.75 Å². The summed E-state index contributed by atoms with van der Waals surface area (Å²) in [6.07, 6.45) is 7.66. The van der Waals surface area contributed by atoms with Crippen LogP contribution in [0.15, 0.2) is 42.7 Å². The number of benzene rings is 1. The first kappa shape index (κ1) is 15.0. The van der Waals surface area contributed by atoms with Gasteiger partial charge < -0.3 is 4.74 Å². The number of aryl methyl sites for hydroxylation is 1. The molecule has 1 aliphatic heterocycles. The van der Waals surface area contributed by atoms with Crippen molar-refractivity contribution in [2.45, 2.75) is 38.8 Å². The average Bonchev–Trinajstić information content (AvgIpc) is 2.57. The van der Waals surface area contributed by atoms with Crippen molar-refractivity contribution in [3.05, 3.63) is 59.4 Å². The highest BCUT2D eigenvalue weighted by Crippen LogP contribution is 2.33. The fraction of sp³-hybridized carbons (Fsp3) is 0.421. The van der Waals surface area contributed by atoms with Crippen molar-refractivity contribution in [1.82, 2.24) is 9.88 Å². The van der Waals surface area contributed by atoms with Gasteiger partial charge in [0.15, 0.2) is 0 Å². The molecule has 0 N–H and O–H groups in total. The molecule has 0 aliphatic carbocycles. The molecule has 116 valence electrons. The van der Waals surface area contributed by atoms with E-state index in [-0.39, 0.29) is 0 Å². The van der Waals surface area contributed by atoms with E-state index in [4.69, 9.17) is 4.74 Å². The van der Waals surface area contributed by atoms with E-state index in [1.54, 1.807) is 7.11 Å². The van der Waals surface area contributed by atoms with Gasteiger partial charge in [0, 0.05) is 25.0 Å². The van der Waals surface area contributed by atoms with E-state index < -0.39 is 0 Å². The Morgan fingerprint density at radius 3 is 3.00 bits per heavy atom. The van der Waals surface area contributed by atoms with Gasteiger partial charge in [-0.1, -0.05) is 18.6 Å². The first-order valence-electron chi connectivity index (χ1n) is 8.05. The highest BCUT2D eigenvalue weighted by molar-refractivity contribution is 5.31. The second-order valence-electron chi connectivity index (χ2n) is 6.06. The summed E-state index contributed by atoms with van der Waals surface area (Å²) >= 11 is 0. The molecule has 1 unspecified atom stereocenters. The maximum absolute atomic E-state index is 5.39. The zero-order valence-electron chi connectivity index (χ0n) is 13.5. The molecule has 0 radical (unpaired) electrons. The van der Waals surface area contributed by atoms with Gasteiger partial charge in [-0.15, -0.1) is 0 Å². The molecule has 3 heteroatoms. The first-order chi connectivity index (χ1) is 10.8. The Hall–Kier alpha value is -1.87. The average molecular weight is 296 g/mol. The van der Waals surface area contributed by atoms with Crippen LogP contribution in [0.25, 0.3) is 0 Å². The minimum atomic E-state index is 0.483. The quantitative estimate of drug-likeness (QED) is 0.848. The maximum Gasteiger partial charge on any atom is 0.119 e. The van der Waals surface area contributed by atoms with Crippen LogP contribution in [0.1, 0.15) is 42.0 Å². The number of methoxy groups -OCH3 is 1. The summed E-state index contributed by atoms with van der Waals surface area (Å²) in [5, 5.41) is 0. The van der Waals surface area contributed by atoms with Crippen LogP contribution >= 0.6 is 0 Å². The molecule has 1 aliphatic rings. The molecule has 1 fully saturated rings. The van der Waals surface area contributed by atoms with Crippen LogP contribution in [0.3, 0.4) is 0 Å². The number of nitrogens with zero attached hydrogens (tertiary/aromatic N) is 2. The maximum atomic E-state index is 5.39. The third-order valence-corrected chi connectivity index (χ3v) is 4.60. The number of rotatable bonds is 4. The molecule has 0 amide bonds. The summed E-state index contributed by atoms with van der Waals surface area (Å²) < 4.78 is 5.39. The van der Waals surface area contributed by atoms with Crippen LogP contribution in [0.4, 0.5) is 0 Å². The summed E-state index contributed by atoms with van der Waals surface area (Å²) in [5.74, 6) is 0.947. The molecule has 1 atom stereocenters.